The van der Waals surface area contributed by atoms with Crippen LogP contribution >= 0.6 is 35.3 Å². The molecule has 0 aliphatic carbocycles. The molecule has 4 heterocycles. The zero-order valence-electron chi connectivity index (χ0n) is 17.8. The topological polar surface area (TPSA) is 69.9 Å². The van der Waals surface area contributed by atoms with Crippen molar-refractivity contribution in [3.8, 4) is 10.8 Å². The quantitative estimate of drug-likeness (QED) is 0.454. The van der Waals surface area contributed by atoms with E-state index in [1.54, 1.807) is 23.4 Å². The van der Waals surface area contributed by atoms with Crippen LogP contribution in [0.5, 0.6) is 0 Å². The molecule has 5 rings (SSSR count). The van der Waals surface area contributed by atoms with Crippen molar-refractivity contribution in [3.63, 3.8) is 0 Å². The van der Waals surface area contributed by atoms with E-state index in [2.05, 4.69) is 16.9 Å². The van der Waals surface area contributed by atoms with Gasteiger partial charge < -0.3 is 14.2 Å². The summed E-state index contributed by atoms with van der Waals surface area (Å²) in [6.07, 6.45) is 4.57. The van der Waals surface area contributed by atoms with Crippen molar-refractivity contribution in [3.05, 3.63) is 59.3 Å². The Morgan fingerprint density at radius 2 is 1.88 bits per heavy atom. The van der Waals surface area contributed by atoms with Crippen LogP contribution in [0.25, 0.3) is 10.8 Å². The Kier molecular flexibility index (Phi) is 6.96. The number of furan rings is 1. The summed E-state index contributed by atoms with van der Waals surface area (Å²) < 4.78 is 5.42. The molecule has 1 unspecified atom stereocenters. The number of hydrogen-bond donors (Lipinski definition) is 0. The summed E-state index contributed by atoms with van der Waals surface area (Å²) in [4.78, 5) is 37.9. The number of thiazole rings is 1. The summed E-state index contributed by atoms with van der Waals surface area (Å²) in [6, 6.07) is 11.0. The predicted octanol–water partition coefficient (Wildman–Crippen LogP) is 3.76. The van der Waals surface area contributed by atoms with Crippen molar-refractivity contribution >= 4 is 52.8 Å². The van der Waals surface area contributed by atoms with Gasteiger partial charge in [0.15, 0.2) is 10.8 Å². The molecule has 168 valence electrons. The minimum atomic E-state index is -0.500. The minimum Gasteiger partial charge on any atom is -0.462 e. The smallest absolute Gasteiger partial charge is 0.270 e. The third-order valence-corrected chi connectivity index (χ3v) is 7.02. The van der Waals surface area contributed by atoms with Crippen molar-refractivity contribution in [2.24, 2.45) is 0 Å². The number of halogens is 1. The van der Waals surface area contributed by atoms with Crippen molar-refractivity contribution in [2.45, 2.75) is 18.9 Å². The highest BCUT2D eigenvalue weighted by Crippen LogP contribution is 2.35. The van der Waals surface area contributed by atoms with E-state index in [9.17, 15) is 9.59 Å². The van der Waals surface area contributed by atoms with Gasteiger partial charge in [-0.3, -0.25) is 14.5 Å². The van der Waals surface area contributed by atoms with Crippen LogP contribution in [0.1, 0.15) is 21.7 Å². The van der Waals surface area contributed by atoms with E-state index >= 15 is 0 Å². The summed E-state index contributed by atoms with van der Waals surface area (Å²) in [6.45, 7) is 3.09. The monoisotopic (exact) mass is 564 g/mol. The van der Waals surface area contributed by atoms with Gasteiger partial charge in [0.25, 0.3) is 5.91 Å². The first-order valence-corrected chi connectivity index (χ1v) is 11.3. The van der Waals surface area contributed by atoms with Crippen molar-refractivity contribution in [1.82, 2.24) is 14.8 Å². The molecular weight excluding hydrogens is 539 g/mol. The van der Waals surface area contributed by atoms with Gasteiger partial charge in [0.05, 0.1) is 12.5 Å². The average Bonchev–Trinajstić information content (AvgIpc) is 3.50. The Balaban J connectivity index is 0.00000245. The molecule has 0 N–H and O–H groups in total. The summed E-state index contributed by atoms with van der Waals surface area (Å²) >= 11 is 1.29. The number of aromatic nitrogens is 1. The van der Waals surface area contributed by atoms with E-state index < -0.39 is 6.04 Å². The number of hydrogen-bond acceptors (Lipinski definition) is 6. The number of aryl methyl sites for hydroxylation is 1. The molecule has 1 saturated heterocycles. The fraction of sp³-hybridized carbons (Fsp3) is 0.348. The molecule has 7 nitrogen and oxygen atoms in total. The number of amides is 2. The summed E-state index contributed by atoms with van der Waals surface area (Å²) in [7, 11) is 2.06. The lowest BCUT2D eigenvalue weighted by atomic mass is 9.94. The number of rotatable bonds is 3. The van der Waals surface area contributed by atoms with Gasteiger partial charge in [-0.25, -0.2) is 4.98 Å². The highest BCUT2D eigenvalue weighted by atomic mass is 127. The van der Waals surface area contributed by atoms with Gasteiger partial charge in [-0.2, -0.15) is 0 Å². The third kappa shape index (κ3) is 4.33. The second-order valence-electron chi connectivity index (χ2n) is 7.99. The fourth-order valence-corrected chi connectivity index (χ4v) is 5.10. The number of anilines is 1. The van der Waals surface area contributed by atoms with Crippen molar-refractivity contribution in [1.29, 1.82) is 0 Å². The fourth-order valence-electron chi connectivity index (χ4n) is 4.27. The Labute approximate surface area is 208 Å². The molecule has 9 heteroatoms. The molecule has 2 aromatic heterocycles. The lowest BCUT2D eigenvalue weighted by Gasteiger charge is -2.40. The van der Waals surface area contributed by atoms with Gasteiger partial charge in [-0.15, -0.1) is 35.3 Å². The Morgan fingerprint density at radius 1 is 1.09 bits per heavy atom. The summed E-state index contributed by atoms with van der Waals surface area (Å²) in [5.41, 5.74) is 1.91. The van der Waals surface area contributed by atoms with Crippen LogP contribution in [-0.2, 0) is 11.2 Å². The largest absolute Gasteiger partial charge is 0.462 e. The van der Waals surface area contributed by atoms with Gasteiger partial charge in [0, 0.05) is 31.9 Å². The van der Waals surface area contributed by atoms with Gasteiger partial charge in [0.2, 0.25) is 5.91 Å². The number of carbonyl (C=O) groups is 2. The minimum absolute atomic E-state index is 0. The molecule has 0 spiro atoms. The number of carbonyl (C=O) groups excluding carboxylic acids is 2. The molecule has 1 aromatic carbocycles. The number of likely N-dealkylation sites (N-methyl/N-ethyl adjacent to an activating group) is 1. The predicted molar refractivity (Wildman–Crippen MR) is 135 cm³/mol. The summed E-state index contributed by atoms with van der Waals surface area (Å²) in [5, 5.41) is 0.653. The van der Waals surface area contributed by atoms with Crippen LogP contribution in [0.2, 0.25) is 0 Å². The Morgan fingerprint density at radius 3 is 2.62 bits per heavy atom. The molecule has 2 aliphatic heterocycles. The maximum absolute atomic E-state index is 13.7. The zero-order valence-corrected chi connectivity index (χ0v) is 20.9. The van der Waals surface area contributed by atoms with Crippen molar-refractivity contribution in [2.75, 3.05) is 38.1 Å². The first-order chi connectivity index (χ1) is 15.1. The highest BCUT2D eigenvalue weighted by Gasteiger charge is 2.39. The van der Waals surface area contributed by atoms with Gasteiger partial charge in [0.1, 0.15) is 10.9 Å². The average molecular weight is 564 g/mol. The van der Waals surface area contributed by atoms with E-state index in [0.29, 0.717) is 35.2 Å². The van der Waals surface area contributed by atoms with Crippen LogP contribution in [0.4, 0.5) is 5.69 Å². The molecular formula is C23H25IN4O3S. The lowest BCUT2D eigenvalue weighted by Crippen LogP contribution is -2.56. The first kappa shape index (κ1) is 22.9. The van der Waals surface area contributed by atoms with E-state index in [4.69, 9.17) is 4.42 Å². The van der Waals surface area contributed by atoms with Gasteiger partial charge in [-0.05, 0) is 43.7 Å². The first-order valence-electron chi connectivity index (χ1n) is 10.5. The second kappa shape index (κ2) is 9.72. The number of benzene rings is 1. The van der Waals surface area contributed by atoms with E-state index in [0.717, 1.165) is 30.8 Å². The van der Waals surface area contributed by atoms with Crippen LogP contribution in [0, 0.1) is 0 Å². The molecule has 0 radical (unpaired) electrons. The molecule has 2 aliphatic rings. The number of nitrogens with zero attached hydrogens (tertiary/aromatic N) is 4. The van der Waals surface area contributed by atoms with Crippen LogP contribution in [-0.4, -0.2) is 65.9 Å². The normalized spacial score (nSPS) is 18.7. The maximum atomic E-state index is 13.7. The molecule has 1 fully saturated rings. The van der Waals surface area contributed by atoms with E-state index in [-0.39, 0.29) is 35.8 Å². The molecule has 0 saturated carbocycles. The second-order valence-corrected chi connectivity index (χ2v) is 9.02. The van der Waals surface area contributed by atoms with Crippen molar-refractivity contribution < 1.29 is 14.0 Å². The van der Waals surface area contributed by atoms with Crippen LogP contribution in [0.3, 0.4) is 0 Å². The van der Waals surface area contributed by atoms with Crippen LogP contribution < -0.4 is 4.90 Å². The number of piperazine rings is 1. The Hall–Kier alpha value is -2.24. The third-order valence-electron chi connectivity index (χ3n) is 6.02. The van der Waals surface area contributed by atoms with Crippen LogP contribution in [0.15, 0.2) is 53.3 Å². The highest BCUT2D eigenvalue weighted by molar-refractivity contribution is 14.0. The molecule has 0 bridgehead atoms. The lowest BCUT2D eigenvalue weighted by molar-refractivity contribution is -0.134. The Bertz CT molecular complexity index is 1090. The zero-order chi connectivity index (χ0) is 21.4. The van der Waals surface area contributed by atoms with Gasteiger partial charge in [-0.1, -0.05) is 18.2 Å². The van der Waals surface area contributed by atoms with E-state index in [1.807, 2.05) is 35.2 Å². The number of fused-ring (bicyclic) bond motifs is 1. The van der Waals surface area contributed by atoms with Gasteiger partial charge >= 0.3 is 0 Å². The molecule has 2 amide bonds. The molecule has 3 aromatic rings. The molecule has 32 heavy (non-hydrogen) atoms. The maximum Gasteiger partial charge on any atom is 0.270 e. The molecule has 1 atom stereocenters. The SMILES string of the molecule is CN1CCN(C(=O)C2CCc3ccccc3N2C(=O)c2cnc(-c3ccco3)s2)CC1.I. The number of para-hydroxylation sites is 1. The summed E-state index contributed by atoms with van der Waals surface area (Å²) in [5.74, 6) is 0.481. The van der Waals surface area contributed by atoms with E-state index in [1.165, 1.54) is 11.3 Å². The standard InChI is InChI=1S/C23H24N4O3S.HI/c1-25-10-12-26(13-11-25)22(28)18-9-8-16-5-2-3-6-17(16)27(18)23(29)20-15-24-21(31-20)19-7-4-14-30-19;/h2-7,14-15,18H,8-13H2,1H3;1H.